The van der Waals surface area contributed by atoms with Crippen molar-refractivity contribution in [3.05, 3.63) is 82.3 Å². The number of nitrogens with zero attached hydrogens (tertiary/aromatic N) is 2. The molecule has 0 spiro atoms. The summed E-state index contributed by atoms with van der Waals surface area (Å²) in [5.74, 6) is 1.63. The molecule has 2 heterocycles. The molecule has 27 heavy (non-hydrogen) atoms. The van der Waals surface area contributed by atoms with Crippen molar-refractivity contribution in [3.63, 3.8) is 0 Å². The summed E-state index contributed by atoms with van der Waals surface area (Å²) in [6.07, 6.45) is 1.77. The van der Waals surface area contributed by atoms with Gasteiger partial charge in [0.25, 0.3) is 0 Å². The molecule has 0 saturated heterocycles. The molecular formula is C21H24N4OS. The Labute approximate surface area is 164 Å². The van der Waals surface area contributed by atoms with Gasteiger partial charge in [-0.3, -0.25) is 4.98 Å². The largest absolute Gasteiger partial charge is 0.487 e. The Morgan fingerprint density at radius 1 is 1.11 bits per heavy atom. The van der Waals surface area contributed by atoms with Crippen LogP contribution in [0.25, 0.3) is 0 Å². The summed E-state index contributed by atoms with van der Waals surface area (Å²) >= 11 is 1.74. The average Bonchev–Trinajstić information content (AvgIpc) is 3.23. The maximum absolute atomic E-state index is 5.84. The van der Waals surface area contributed by atoms with Crippen LogP contribution in [0.4, 0.5) is 0 Å². The number of hydrogen-bond donors (Lipinski definition) is 2. The third kappa shape index (κ3) is 6.42. The van der Waals surface area contributed by atoms with Gasteiger partial charge in [-0.1, -0.05) is 24.3 Å². The van der Waals surface area contributed by atoms with Gasteiger partial charge in [0.15, 0.2) is 5.96 Å². The Bertz CT molecular complexity index is 834. The van der Waals surface area contributed by atoms with Crippen molar-refractivity contribution in [2.24, 2.45) is 4.99 Å². The quantitative estimate of drug-likeness (QED) is 0.458. The third-order valence-corrected chi connectivity index (χ3v) is 4.66. The highest BCUT2D eigenvalue weighted by molar-refractivity contribution is 7.09. The minimum atomic E-state index is 0.457. The van der Waals surface area contributed by atoms with E-state index >= 15 is 0 Å². The number of benzene rings is 1. The van der Waals surface area contributed by atoms with Crippen molar-refractivity contribution in [2.45, 2.75) is 26.6 Å². The molecule has 2 aromatic heterocycles. The normalized spacial score (nSPS) is 11.2. The monoisotopic (exact) mass is 380 g/mol. The van der Waals surface area contributed by atoms with Gasteiger partial charge in [-0.05, 0) is 48.2 Å². The molecule has 0 atom stereocenters. The van der Waals surface area contributed by atoms with E-state index in [1.165, 1.54) is 4.88 Å². The van der Waals surface area contributed by atoms with Crippen LogP contribution in [-0.4, -0.2) is 17.5 Å². The second-order valence-electron chi connectivity index (χ2n) is 5.89. The highest BCUT2D eigenvalue weighted by atomic mass is 32.1. The summed E-state index contributed by atoms with van der Waals surface area (Å²) in [5.41, 5.74) is 2.01. The predicted molar refractivity (Wildman–Crippen MR) is 111 cm³/mol. The zero-order valence-electron chi connectivity index (χ0n) is 15.4. The zero-order chi connectivity index (χ0) is 18.7. The van der Waals surface area contributed by atoms with Crippen molar-refractivity contribution in [3.8, 4) is 5.75 Å². The van der Waals surface area contributed by atoms with Crippen LogP contribution in [0.5, 0.6) is 5.75 Å². The standard InChI is InChI=1S/C21H24N4OS/c1-2-22-21(25-15-20-10-6-12-27-20)24-14-17-7-5-9-19(13-17)26-16-18-8-3-4-11-23-18/h3-13H,2,14-16H2,1H3,(H2,22,24,25). The number of aromatic nitrogens is 1. The maximum Gasteiger partial charge on any atom is 0.191 e. The Kier molecular flexibility index (Phi) is 7.24. The van der Waals surface area contributed by atoms with Crippen LogP contribution in [0.3, 0.4) is 0 Å². The molecule has 2 N–H and O–H groups in total. The third-order valence-electron chi connectivity index (χ3n) is 3.79. The van der Waals surface area contributed by atoms with Crippen LogP contribution < -0.4 is 15.4 Å². The number of ether oxygens (including phenoxy) is 1. The van der Waals surface area contributed by atoms with E-state index in [-0.39, 0.29) is 0 Å². The van der Waals surface area contributed by atoms with E-state index < -0.39 is 0 Å². The fraction of sp³-hybridized carbons (Fsp3) is 0.238. The zero-order valence-corrected chi connectivity index (χ0v) is 16.2. The second kappa shape index (κ2) is 10.3. The first-order valence-corrected chi connectivity index (χ1v) is 9.87. The van der Waals surface area contributed by atoms with Gasteiger partial charge in [0.2, 0.25) is 0 Å². The number of aliphatic imine (C=N–C) groups is 1. The molecule has 140 valence electrons. The molecule has 0 aliphatic carbocycles. The van der Waals surface area contributed by atoms with Gasteiger partial charge >= 0.3 is 0 Å². The van der Waals surface area contributed by atoms with E-state index in [1.807, 2.05) is 36.4 Å². The van der Waals surface area contributed by atoms with Crippen LogP contribution in [-0.2, 0) is 19.7 Å². The van der Waals surface area contributed by atoms with Gasteiger partial charge in [-0.25, -0.2) is 4.99 Å². The van der Waals surface area contributed by atoms with Crippen molar-refractivity contribution < 1.29 is 4.74 Å². The molecule has 5 nitrogen and oxygen atoms in total. The Morgan fingerprint density at radius 3 is 2.85 bits per heavy atom. The highest BCUT2D eigenvalue weighted by Crippen LogP contribution is 2.15. The number of rotatable bonds is 8. The molecule has 0 unspecified atom stereocenters. The maximum atomic E-state index is 5.84. The highest BCUT2D eigenvalue weighted by Gasteiger charge is 2.01. The number of nitrogens with one attached hydrogen (secondary N) is 2. The van der Waals surface area contributed by atoms with Gasteiger partial charge < -0.3 is 15.4 Å². The number of pyridine rings is 1. The molecular weight excluding hydrogens is 356 g/mol. The first kappa shape index (κ1) is 18.9. The van der Waals surface area contributed by atoms with Gasteiger partial charge in [0.05, 0.1) is 18.8 Å². The summed E-state index contributed by atoms with van der Waals surface area (Å²) in [7, 11) is 0. The van der Waals surface area contributed by atoms with Crippen LogP contribution in [0, 0.1) is 0 Å². The van der Waals surface area contributed by atoms with Crippen molar-refractivity contribution in [1.29, 1.82) is 0 Å². The average molecular weight is 381 g/mol. The van der Waals surface area contributed by atoms with Gasteiger partial charge in [-0.15, -0.1) is 11.3 Å². The second-order valence-corrected chi connectivity index (χ2v) is 6.92. The van der Waals surface area contributed by atoms with E-state index in [4.69, 9.17) is 4.74 Å². The van der Waals surface area contributed by atoms with E-state index in [0.717, 1.165) is 36.1 Å². The molecule has 6 heteroatoms. The first-order chi connectivity index (χ1) is 13.3. The van der Waals surface area contributed by atoms with Crippen molar-refractivity contribution >= 4 is 17.3 Å². The van der Waals surface area contributed by atoms with Crippen molar-refractivity contribution in [2.75, 3.05) is 6.54 Å². The summed E-state index contributed by atoms with van der Waals surface area (Å²) in [6.45, 7) is 4.70. The lowest BCUT2D eigenvalue weighted by Gasteiger charge is -2.11. The summed E-state index contributed by atoms with van der Waals surface area (Å²) in [6, 6.07) is 18.0. The molecule has 0 radical (unpaired) electrons. The number of thiophene rings is 1. The van der Waals surface area contributed by atoms with Gasteiger partial charge in [-0.2, -0.15) is 0 Å². The Balaban J connectivity index is 1.57. The molecule has 3 aromatic rings. The molecule has 0 aliphatic heterocycles. The van der Waals surface area contributed by atoms with E-state index in [1.54, 1.807) is 17.5 Å². The molecule has 0 fully saturated rings. The predicted octanol–water partition coefficient (Wildman–Crippen LogP) is 3.98. The first-order valence-electron chi connectivity index (χ1n) is 8.99. The van der Waals surface area contributed by atoms with Crippen LogP contribution >= 0.6 is 11.3 Å². The molecule has 0 aliphatic rings. The fourth-order valence-electron chi connectivity index (χ4n) is 2.47. The lowest BCUT2D eigenvalue weighted by Crippen LogP contribution is -2.36. The number of hydrogen-bond acceptors (Lipinski definition) is 4. The molecule has 0 bridgehead atoms. The van der Waals surface area contributed by atoms with Crippen molar-refractivity contribution in [1.82, 2.24) is 15.6 Å². The van der Waals surface area contributed by atoms with E-state index in [0.29, 0.717) is 13.2 Å². The Hall–Kier alpha value is -2.86. The molecule has 1 aromatic carbocycles. The number of guanidine groups is 1. The van der Waals surface area contributed by atoms with Gasteiger partial charge in [0.1, 0.15) is 12.4 Å². The Morgan fingerprint density at radius 2 is 2.07 bits per heavy atom. The summed E-state index contributed by atoms with van der Waals surface area (Å²) < 4.78 is 5.84. The molecule has 3 rings (SSSR count). The molecule has 0 saturated carbocycles. The van der Waals surface area contributed by atoms with E-state index in [2.05, 4.69) is 51.1 Å². The van der Waals surface area contributed by atoms with E-state index in [9.17, 15) is 0 Å². The minimum Gasteiger partial charge on any atom is -0.487 e. The van der Waals surface area contributed by atoms with Crippen LogP contribution in [0.2, 0.25) is 0 Å². The molecule has 0 amide bonds. The smallest absolute Gasteiger partial charge is 0.191 e. The van der Waals surface area contributed by atoms with Gasteiger partial charge in [0, 0.05) is 17.6 Å². The van der Waals surface area contributed by atoms with Crippen LogP contribution in [0.15, 0.2) is 71.2 Å². The lowest BCUT2D eigenvalue weighted by molar-refractivity contribution is 0.301. The fourth-order valence-corrected chi connectivity index (χ4v) is 3.12. The van der Waals surface area contributed by atoms with Crippen LogP contribution in [0.1, 0.15) is 23.1 Å². The summed E-state index contributed by atoms with van der Waals surface area (Å²) in [5, 5.41) is 8.73. The SMILES string of the molecule is CCNC(=NCc1cccc(OCc2ccccn2)c1)NCc1cccs1. The minimum absolute atomic E-state index is 0.457. The lowest BCUT2D eigenvalue weighted by atomic mass is 10.2. The topological polar surface area (TPSA) is 58.5 Å². The summed E-state index contributed by atoms with van der Waals surface area (Å²) in [4.78, 5) is 10.2.